The first-order valence-corrected chi connectivity index (χ1v) is 6.82. The lowest BCUT2D eigenvalue weighted by molar-refractivity contribution is 0.482. The summed E-state index contributed by atoms with van der Waals surface area (Å²) in [4.78, 5) is 0. The molecule has 0 saturated carbocycles. The van der Waals surface area contributed by atoms with Crippen molar-refractivity contribution in [2.24, 2.45) is 5.73 Å². The molecular formula is C17H13ClN2O. The maximum absolute atomic E-state index is 7.60. The first-order chi connectivity index (χ1) is 10.1. The van der Waals surface area contributed by atoms with Crippen molar-refractivity contribution in [2.75, 3.05) is 0 Å². The molecule has 21 heavy (non-hydrogen) atoms. The molecule has 0 radical (unpaired) electrons. The van der Waals surface area contributed by atoms with Crippen LogP contribution in [-0.2, 0) is 0 Å². The van der Waals surface area contributed by atoms with E-state index >= 15 is 0 Å². The van der Waals surface area contributed by atoms with Gasteiger partial charge in [0.05, 0.1) is 5.56 Å². The summed E-state index contributed by atoms with van der Waals surface area (Å²) in [5.74, 6) is 1.10. The van der Waals surface area contributed by atoms with Gasteiger partial charge in [0, 0.05) is 11.1 Å². The predicted molar refractivity (Wildman–Crippen MR) is 86.5 cm³/mol. The summed E-state index contributed by atoms with van der Waals surface area (Å²) in [5, 5.41) is 10.4. The highest BCUT2D eigenvalue weighted by molar-refractivity contribution is 6.30. The fraction of sp³-hybridized carbons (Fsp3) is 0. The van der Waals surface area contributed by atoms with Gasteiger partial charge in [-0.25, -0.2) is 0 Å². The van der Waals surface area contributed by atoms with Gasteiger partial charge in [-0.3, -0.25) is 5.41 Å². The number of amidine groups is 1. The Morgan fingerprint density at radius 2 is 1.71 bits per heavy atom. The van der Waals surface area contributed by atoms with Gasteiger partial charge in [-0.1, -0.05) is 41.9 Å². The van der Waals surface area contributed by atoms with Crippen molar-refractivity contribution in [1.29, 1.82) is 5.41 Å². The molecule has 0 bridgehead atoms. The molecule has 0 spiro atoms. The Morgan fingerprint density at radius 1 is 0.952 bits per heavy atom. The van der Waals surface area contributed by atoms with E-state index in [2.05, 4.69) is 0 Å². The number of ether oxygens (including phenoxy) is 1. The van der Waals surface area contributed by atoms with Gasteiger partial charge in [0.25, 0.3) is 0 Å². The van der Waals surface area contributed by atoms with Crippen molar-refractivity contribution < 1.29 is 4.74 Å². The van der Waals surface area contributed by atoms with Crippen LogP contribution in [0.1, 0.15) is 5.56 Å². The number of nitrogens with two attached hydrogens (primary N) is 1. The molecule has 3 aromatic carbocycles. The number of rotatable bonds is 3. The van der Waals surface area contributed by atoms with Gasteiger partial charge in [-0.05, 0) is 35.0 Å². The van der Waals surface area contributed by atoms with E-state index in [0.29, 0.717) is 22.1 Å². The molecule has 0 aliphatic heterocycles. The summed E-state index contributed by atoms with van der Waals surface area (Å²) in [6, 6.07) is 18.9. The molecule has 0 fully saturated rings. The number of nitrogens with one attached hydrogen (secondary N) is 1. The number of hydrogen-bond donors (Lipinski definition) is 2. The molecule has 3 rings (SSSR count). The van der Waals surface area contributed by atoms with E-state index in [0.717, 1.165) is 10.8 Å². The fourth-order valence-corrected chi connectivity index (χ4v) is 2.32. The van der Waals surface area contributed by atoms with Crippen LogP contribution in [0.5, 0.6) is 11.5 Å². The Labute approximate surface area is 127 Å². The molecule has 0 aliphatic carbocycles. The van der Waals surface area contributed by atoms with Crippen molar-refractivity contribution in [2.45, 2.75) is 0 Å². The largest absolute Gasteiger partial charge is 0.457 e. The summed E-state index contributed by atoms with van der Waals surface area (Å²) in [6.45, 7) is 0. The second-order valence-corrected chi connectivity index (χ2v) is 5.10. The monoisotopic (exact) mass is 296 g/mol. The van der Waals surface area contributed by atoms with Crippen LogP contribution in [0.2, 0.25) is 5.02 Å². The lowest BCUT2D eigenvalue weighted by Crippen LogP contribution is -2.12. The SMILES string of the molecule is N=C(N)c1ccc(Cl)cc1Oc1ccc2ccccc2c1. The number of fused-ring (bicyclic) bond motifs is 1. The molecule has 4 heteroatoms. The molecular weight excluding hydrogens is 284 g/mol. The third kappa shape index (κ3) is 2.83. The molecule has 0 atom stereocenters. The van der Waals surface area contributed by atoms with Crippen molar-refractivity contribution >= 4 is 28.2 Å². The Morgan fingerprint density at radius 3 is 2.48 bits per heavy atom. The molecule has 0 heterocycles. The highest BCUT2D eigenvalue weighted by Gasteiger charge is 2.09. The second kappa shape index (κ2) is 5.46. The third-order valence-corrected chi connectivity index (χ3v) is 3.42. The first kappa shape index (κ1) is 13.5. The van der Waals surface area contributed by atoms with Crippen LogP contribution in [0.4, 0.5) is 0 Å². The lowest BCUT2D eigenvalue weighted by atomic mass is 10.1. The molecule has 0 aromatic heterocycles. The average Bonchev–Trinajstić information content (AvgIpc) is 2.47. The smallest absolute Gasteiger partial charge is 0.139 e. The minimum Gasteiger partial charge on any atom is -0.457 e. The van der Waals surface area contributed by atoms with Crippen molar-refractivity contribution in [3.63, 3.8) is 0 Å². The molecule has 0 unspecified atom stereocenters. The lowest BCUT2D eigenvalue weighted by Gasteiger charge is -2.11. The molecule has 0 aliphatic rings. The van der Waals surface area contributed by atoms with Crippen molar-refractivity contribution in [3.05, 3.63) is 71.2 Å². The number of nitrogen functional groups attached to an aromatic ring is 1. The Bertz CT molecular complexity index is 830. The highest BCUT2D eigenvalue weighted by atomic mass is 35.5. The minimum absolute atomic E-state index is 0.0533. The third-order valence-electron chi connectivity index (χ3n) is 3.18. The standard InChI is InChI=1S/C17H13ClN2O/c18-13-6-8-15(17(19)20)16(10-13)21-14-7-5-11-3-1-2-4-12(11)9-14/h1-10H,(H3,19,20). The number of halogens is 1. The predicted octanol–water partition coefficient (Wildman–Crippen LogP) is 4.57. The zero-order chi connectivity index (χ0) is 14.8. The van der Waals surface area contributed by atoms with Gasteiger partial charge in [0.2, 0.25) is 0 Å². The van der Waals surface area contributed by atoms with Crippen LogP contribution >= 0.6 is 11.6 Å². The second-order valence-electron chi connectivity index (χ2n) is 4.67. The zero-order valence-corrected chi connectivity index (χ0v) is 11.9. The van der Waals surface area contributed by atoms with Gasteiger partial charge in [0.15, 0.2) is 0 Å². The normalized spacial score (nSPS) is 10.5. The van der Waals surface area contributed by atoms with Crippen LogP contribution < -0.4 is 10.5 Å². The van der Waals surface area contributed by atoms with Gasteiger partial charge in [0.1, 0.15) is 17.3 Å². The highest BCUT2D eigenvalue weighted by Crippen LogP contribution is 2.30. The summed E-state index contributed by atoms with van der Waals surface area (Å²) in [6.07, 6.45) is 0. The summed E-state index contributed by atoms with van der Waals surface area (Å²) in [5.41, 5.74) is 6.09. The Kier molecular flexibility index (Phi) is 3.50. The summed E-state index contributed by atoms with van der Waals surface area (Å²) >= 11 is 5.99. The van der Waals surface area contributed by atoms with Crippen molar-refractivity contribution in [1.82, 2.24) is 0 Å². The zero-order valence-electron chi connectivity index (χ0n) is 11.1. The summed E-state index contributed by atoms with van der Waals surface area (Å²) < 4.78 is 5.85. The van der Waals surface area contributed by atoms with Gasteiger partial charge in [-0.2, -0.15) is 0 Å². The maximum atomic E-state index is 7.60. The molecule has 3 N–H and O–H groups in total. The maximum Gasteiger partial charge on any atom is 0.139 e. The molecule has 3 nitrogen and oxygen atoms in total. The van der Waals surface area contributed by atoms with Crippen LogP contribution in [0, 0.1) is 5.41 Å². The van der Waals surface area contributed by atoms with Gasteiger partial charge < -0.3 is 10.5 Å². The molecule has 0 saturated heterocycles. The van der Waals surface area contributed by atoms with E-state index in [4.69, 9.17) is 27.5 Å². The molecule has 3 aromatic rings. The van der Waals surface area contributed by atoms with Crippen molar-refractivity contribution in [3.8, 4) is 11.5 Å². The van der Waals surface area contributed by atoms with E-state index in [-0.39, 0.29) is 5.84 Å². The molecule has 104 valence electrons. The molecule has 0 amide bonds. The van der Waals surface area contributed by atoms with E-state index in [1.54, 1.807) is 18.2 Å². The van der Waals surface area contributed by atoms with E-state index in [1.807, 2.05) is 42.5 Å². The van der Waals surface area contributed by atoms with Gasteiger partial charge >= 0.3 is 0 Å². The average molecular weight is 297 g/mol. The Balaban J connectivity index is 2.02. The van der Waals surface area contributed by atoms with Crippen LogP contribution in [0.15, 0.2) is 60.7 Å². The Hall–Kier alpha value is -2.52. The summed E-state index contributed by atoms with van der Waals surface area (Å²) in [7, 11) is 0. The first-order valence-electron chi connectivity index (χ1n) is 6.44. The van der Waals surface area contributed by atoms with Crippen LogP contribution in [0.3, 0.4) is 0 Å². The number of hydrogen-bond acceptors (Lipinski definition) is 2. The van der Waals surface area contributed by atoms with E-state index in [1.165, 1.54) is 0 Å². The minimum atomic E-state index is -0.0533. The topological polar surface area (TPSA) is 59.1 Å². The fourth-order valence-electron chi connectivity index (χ4n) is 2.16. The van der Waals surface area contributed by atoms with Crippen LogP contribution in [-0.4, -0.2) is 5.84 Å². The quantitative estimate of drug-likeness (QED) is 0.549. The number of benzene rings is 3. The van der Waals surface area contributed by atoms with E-state index in [9.17, 15) is 0 Å². The van der Waals surface area contributed by atoms with Crippen LogP contribution in [0.25, 0.3) is 10.8 Å². The van der Waals surface area contributed by atoms with Gasteiger partial charge in [-0.15, -0.1) is 0 Å². The van der Waals surface area contributed by atoms with E-state index < -0.39 is 0 Å².